The molecule has 0 atom stereocenters. The molecule has 0 unspecified atom stereocenters. The van der Waals surface area contributed by atoms with Gasteiger partial charge in [0.2, 0.25) is 5.91 Å². The lowest BCUT2D eigenvalue weighted by Crippen LogP contribution is -2.38. The Morgan fingerprint density at radius 1 is 1.50 bits per heavy atom. The number of carbonyl (C=O) groups is 1. The van der Waals surface area contributed by atoms with E-state index in [4.69, 9.17) is 10.00 Å². The second-order valence-corrected chi connectivity index (χ2v) is 4.75. The molecule has 5 heteroatoms. The molecule has 0 bridgehead atoms. The average molecular weight is 275 g/mol. The van der Waals surface area contributed by atoms with Crippen molar-refractivity contribution in [1.82, 2.24) is 4.90 Å². The van der Waals surface area contributed by atoms with E-state index >= 15 is 0 Å². The molecule has 0 aliphatic rings. The van der Waals surface area contributed by atoms with Crippen LogP contribution in [-0.4, -0.2) is 37.0 Å². The van der Waals surface area contributed by atoms with Crippen LogP contribution in [-0.2, 0) is 4.79 Å². The Hall–Kier alpha value is -2.06. The Kier molecular flexibility index (Phi) is 6.54. The standard InChI is InChI=1S/C15H21N3O2/c1-12(2)18(9-5-8-16)11-15(19)17-13-6-4-7-14(10-13)20-3/h4,6-7,10,12H,5,9,11H2,1-3H3,(H,17,19). The molecule has 1 N–H and O–H groups in total. The number of hydrogen-bond donors (Lipinski definition) is 1. The van der Waals surface area contributed by atoms with E-state index < -0.39 is 0 Å². The van der Waals surface area contributed by atoms with E-state index in [2.05, 4.69) is 11.4 Å². The third-order valence-electron chi connectivity index (χ3n) is 2.94. The predicted octanol–water partition coefficient (Wildman–Crippen LogP) is 2.26. The minimum absolute atomic E-state index is 0.0927. The molecule has 0 saturated carbocycles. The highest BCUT2D eigenvalue weighted by Crippen LogP contribution is 2.16. The highest BCUT2D eigenvalue weighted by atomic mass is 16.5. The van der Waals surface area contributed by atoms with Gasteiger partial charge in [-0.05, 0) is 26.0 Å². The van der Waals surface area contributed by atoms with E-state index in [0.717, 1.165) is 0 Å². The summed E-state index contributed by atoms with van der Waals surface area (Å²) >= 11 is 0. The summed E-state index contributed by atoms with van der Waals surface area (Å²) in [4.78, 5) is 14.0. The van der Waals surface area contributed by atoms with Gasteiger partial charge in [0, 0.05) is 30.8 Å². The first-order valence-electron chi connectivity index (χ1n) is 6.61. The van der Waals surface area contributed by atoms with Gasteiger partial charge in [-0.25, -0.2) is 0 Å². The van der Waals surface area contributed by atoms with Gasteiger partial charge in [-0.1, -0.05) is 6.07 Å². The fraction of sp³-hybridized carbons (Fsp3) is 0.467. The molecule has 0 aliphatic carbocycles. The topological polar surface area (TPSA) is 65.4 Å². The first-order valence-corrected chi connectivity index (χ1v) is 6.61. The maximum atomic E-state index is 12.0. The van der Waals surface area contributed by atoms with Crippen molar-refractivity contribution in [2.75, 3.05) is 25.5 Å². The summed E-state index contributed by atoms with van der Waals surface area (Å²) in [5.41, 5.74) is 0.707. The van der Waals surface area contributed by atoms with Crippen molar-refractivity contribution in [2.24, 2.45) is 0 Å². The third kappa shape index (κ3) is 5.29. The number of benzene rings is 1. The minimum Gasteiger partial charge on any atom is -0.497 e. The maximum absolute atomic E-state index is 12.0. The Morgan fingerprint density at radius 3 is 2.85 bits per heavy atom. The van der Waals surface area contributed by atoms with Crippen LogP contribution < -0.4 is 10.1 Å². The van der Waals surface area contributed by atoms with Crippen molar-refractivity contribution >= 4 is 11.6 Å². The van der Waals surface area contributed by atoms with Gasteiger partial charge in [0.15, 0.2) is 0 Å². The maximum Gasteiger partial charge on any atom is 0.238 e. The quantitative estimate of drug-likeness (QED) is 0.829. The zero-order valence-corrected chi connectivity index (χ0v) is 12.2. The van der Waals surface area contributed by atoms with Crippen LogP contribution in [0.25, 0.3) is 0 Å². The molecule has 0 aromatic heterocycles. The van der Waals surface area contributed by atoms with Crippen LogP contribution in [0.15, 0.2) is 24.3 Å². The van der Waals surface area contributed by atoms with Gasteiger partial charge in [0.1, 0.15) is 5.75 Å². The second kappa shape index (κ2) is 8.18. The number of amides is 1. The molecule has 108 valence electrons. The molecule has 1 aromatic carbocycles. The van der Waals surface area contributed by atoms with Gasteiger partial charge in [0.05, 0.1) is 19.7 Å². The summed E-state index contributed by atoms with van der Waals surface area (Å²) in [6, 6.07) is 9.55. The van der Waals surface area contributed by atoms with E-state index in [0.29, 0.717) is 24.4 Å². The van der Waals surface area contributed by atoms with Gasteiger partial charge in [-0.2, -0.15) is 5.26 Å². The van der Waals surface area contributed by atoms with Crippen LogP contribution in [0, 0.1) is 11.3 Å². The number of methoxy groups -OCH3 is 1. The number of anilines is 1. The largest absolute Gasteiger partial charge is 0.497 e. The van der Waals surface area contributed by atoms with Crippen LogP contribution in [0.5, 0.6) is 5.75 Å². The normalized spacial score (nSPS) is 10.4. The number of nitrogens with zero attached hydrogens (tertiary/aromatic N) is 2. The van der Waals surface area contributed by atoms with Gasteiger partial charge in [-0.3, -0.25) is 9.69 Å². The Bertz CT molecular complexity index is 480. The third-order valence-corrected chi connectivity index (χ3v) is 2.94. The molecule has 1 rings (SSSR count). The lowest BCUT2D eigenvalue weighted by atomic mass is 10.2. The van der Waals surface area contributed by atoms with Gasteiger partial charge < -0.3 is 10.1 Å². The van der Waals surface area contributed by atoms with Gasteiger partial charge in [-0.15, -0.1) is 0 Å². The van der Waals surface area contributed by atoms with Crippen molar-refractivity contribution in [3.8, 4) is 11.8 Å². The van der Waals surface area contributed by atoms with E-state index in [1.54, 1.807) is 13.2 Å². The number of rotatable bonds is 7. The van der Waals surface area contributed by atoms with E-state index in [1.165, 1.54) is 0 Å². The fourth-order valence-electron chi connectivity index (χ4n) is 1.80. The van der Waals surface area contributed by atoms with Crippen LogP contribution in [0.1, 0.15) is 20.3 Å². The van der Waals surface area contributed by atoms with E-state index in [-0.39, 0.29) is 18.5 Å². The van der Waals surface area contributed by atoms with Crippen LogP contribution >= 0.6 is 0 Å². The molecule has 0 radical (unpaired) electrons. The van der Waals surface area contributed by atoms with E-state index in [9.17, 15) is 4.79 Å². The summed E-state index contributed by atoms with van der Waals surface area (Å²) < 4.78 is 5.11. The molecular weight excluding hydrogens is 254 g/mol. The lowest BCUT2D eigenvalue weighted by Gasteiger charge is -2.24. The van der Waals surface area contributed by atoms with E-state index in [1.807, 2.05) is 36.9 Å². The van der Waals surface area contributed by atoms with Gasteiger partial charge >= 0.3 is 0 Å². The molecule has 0 saturated heterocycles. The smallest absolute Gasteiger partial charge is 0.238 e. The molecule has 1 amide bonds. The molecule has 20 heavy (non-hydrogen) atoms. The summed E-state index contributed by atoms with van der Waals surface area (Å²) in [5.74, 6) is 0.609. The predicted molar refractivity (Wildman–Crippen MR) is 78.6 cm³/mol. The van der Waals surface area contributed by atoms with Crippen LogP contribution in [0.2, 0.25) is 0 Å². The molecule has 0 aliphatic heterocycles. The number of hydrogen-bond acceptors (Lipinski definition) is 4. The average Bonchev–Trinajstić information content (AvgIpc) is 2.43. The minimum atomic E-state index is -0.0927. The Labute approximate surface area is 120 Å². The summed E-state index contributed by atoms with van der Waals surface area (Å²) in [7, 11) is 1.59. The summed E-state index contributed by atoms with van der Waals surface area (Å²) in [6.45, 7) is 4.89. The zero-order valence-electron chi connectivity index (χ0n) is 12.2. The van der Waals surface area contributed by atoms with Crippen LogP contribution in [0.3, 0.4) is 0 Å². The van der Waals surface area contributed by atoms with Crippen molar-refractivity contribution in [2.45, 2.75) is 26.3 Å². The molecule has 5 nitrogen and oxygen atoms in total. The zero-order chi connectivity index (χ0) is 15.0. The Morgan fingerprint density at radius 2 is 2.25 bits per heavy atom. The number of nitrogens with one attached hydrogen (secondary N) is 1. The van der Waals surface area contributed by atoms with Crippen molar-refractivity contribution < 1.29 is 9.53 Å². The van der Waals surface area contributed by atoms with Gasteiger partial charge in [0.25, 0.3) is 0 Å². The monoisotopic (exact) mass is 275 g/mol. The summed E-state index contributed by atoms with van der Waals surface area (Å²) in [5, 5.41) is 11.5. The molecule has 0 fully saturated rings. The van der Waals surface area contributed by atoms with Crippen molar-refractivity contribution in [3.63, 3.8) is 0 Å². The first-order chi connectivity index (χ1) is 9.56. The number of carbonyl (C=O) groups excluding carboxylic acids is 1. The molecule has 0 heterocycles. The second-order valence-electron chi connectivity index (χ2n) is 4.75. The highest BCUT2D eigenvalue weighted by molar-refractivity contribution is 5.92. The van der Waals surface area contributed by atoms with Crippen molar-refractivity contribution in [3.05, 3.63) is 24.3 Å². The molecular formula is C15H21N3O2. The lowest BCUT2D eigenvalue weighted by molar-refractivity contribution is -0.117. The summed E-state index contributed by atoms with van der Waals surface area (Å²) in [6.07, 6.45) is 0.421. The van der Waals surface area contributed by atoms with Crippen molar-refractivity contribution in [1.29, 1.82) is 5.26 Å². The Balaban J connectivity index is 2.58. The molecule has 1 aromatic rings. The van der Waals surface area contributed by atoms with Crippen LogP contribution in [0.4, 0.5) is 5.69 Å². The number of nitriles is 1. The highest BCUT2D eigenvalue weighted by Gasteiger charge is 2.13. The molecule has 0 spiro atoms. The first kappa shape index (κ1) is 16.0. The number of ether oxygens (including phenoxy) is 1. The SMILES string of the molecule is COc1cccc(NC(=O)CN(CCC#N)C(C)C)c1. The fourth-order valence-corrected chi connectivity index (χ4v) is 1.80.